The van der Waals surface area contributed by atoms with E-state index in [0.29, 0.717) is 28.8 Å². The molecule has 2 amide bonds. The van der Waals surface area contributed by atoms with Crippen LogP contribution in [0.2, 0.25) is 5.02 Å². The fourth-order valence-corrected chi connectivity index (χ4v) is 3.46. The number of para-hydroxylation sites is 2. The minimum absolute atomic E-state index is 0.0503. The van der Waals surface area contributed by atoms with Crippen molar-refractivity contribution in [3.05, 3.63) is 53.6 Å². The molecule has 166 valence electrons. The number of halogens is 1. The molecule has 1 fully saturated rings. The Morgan fingerprint density at radius 2 is 1.84 bits per heavy atom. The first-order valence-corrected chi connectivity index (χ1v) is 10.1. The van der Waals surface area contributed by atoms with Crippen LogP contribution in [0.4, 0.5) is 0 Å². The third kappa shape index (κ3) is 6.26. The van der Waals surface area contributed by atoms with Crippen molar-refractivity contribution in [3.63, 3.8) is 0 Å². The van der Waals surface area contributed by atoms with E-state index in [9.17, 15) is 9.59 Å². The van der Waals surface area contributed by atoms with E-state index in [1.807, 2.05) is 6.07 Å². The normalized spacial score (nSPS) is 18.3. The van der Waals surface area contributed by atoms with Crippen molar-refractivity contribution in [2.24, 2.45) is 5.73 Å². The van der Waals surface area contributed by atoms with E-state index in [4.69, 9.17) is 36.3 Å². The van der Waals surface area contributed by atoms with Crippen LogP contribution in [0.1, 0.15) is 6.42 Å². The van der Waals surface area contributed by atoms with E-state index in [1.165, 1.54) is 7.11 Å². The molecule has 0 bridgehead atoms. The zero-order chi connectivity index (χ0) is 22.3. The van der Waals surface area contributed by atoms with Crippen LogP contribution >= 0.6 is 11.6 Å². The third-order valence-electron chi connectivity index (χ3n) is 4.83. The summed E-state index contributed by atoms with van der Waals surface area (Å²) in [5.74, 6) is 0.798. The van der Waals surface area contributed by atoms with Crippen LogP contribution in [0.3, 0.4) is 0 Å². The van der Waals surface area contributed by atoms with Gasteiger partial charge in [0, 0.05) is 11.6 Å². The van der Waals surface area contributed by atoms with E-state index >= 15 is 0 Å². The first-order chi connectivity index (χ1) is 14.9. The van der Waals surface area contributed by atoms with Gasteiger partial charge >= 0.3 is 0 Å². The molecule has 1 aliphatic rings. The number of rotatable bonds is 9. The van der Waals surface area contributed by atoms with Gasteiger partial charge in [0.2, 0.25) is 5.91 Å². The quantitative estimate of drug-likeness (QED) is 0.631. The summed E-state index contributed by atoms with van der Waals surface area (Å²) in [4.78, 5) is 26.1. The van der Waals surface area contributed by atoms with Crippen LogP contribution in [0, 0.1) is 0 Å². The second-order valence-electron chi connectivity index (χ2n) is 7.17. The Balaban J connectivity index is 1.65. The number of ether oxygens (including phenoxy) is 4. The van der Waals surface area contributed by atoms with Crippen molar-refractivity contribution >= 4 is 23.4 Å². The maximum absolute atomic E-state index is 12.8. The Kier molecular flexibility index (Phi) is 7.59. The van der Waals surface area contributed by atoms with Gasteiger partial charge in [-0.2, -0.15) is 0 Å². The molecule has 2 aromatic rings. The van der Waals surface area contributed by atoms with Crippen molar-refractivity contribution in [3.8, 4) is 17.2 Å². The molecular weight excluding hydrogens is 424 g/mol. The van der Waals surface area contributed by atoms with Crippen molar-refractivity contribution in [1.82, 2.24) is 4.90 Å². The second-order valence-corrected chi connectivity index (χ2v) is 7.61. The fraction of sp³-hybridized carbons (Fsp3) is 0.364. The fourth-order valence-electron chi connectivity index (χ4n) is 3.34. The Bertz CT molecular complexity index is 907. The number of morpholine rings is 1. The van der Waals surface area contributed by atoms with Crippen molar-refractivity contribution in [2.45, 2.75) is 12.0 Å². The molecule has 2 aromatic carbocycles. The van der Waals surface area contributed by atoms with Gasteiger partial charge in [0.05, 0.1) is 26.7 Å². The topological polar surface area (TPSA) is 100 Å². The molecule has 1 aliphatic heterocycles. The third-order valence-corrected chi connectivity index (χ3v) is 5.09. The number of nitrogens with zero attached hydrogens (tertiary/aromatic N) is 1. The summed E-state index contributed by atoms with van der Waals surface area (Å²) in [6, 6.07) is 13.9. The van der Waals surface area contributed by atoms with Gasteiger partial charge in [0.15, 0.2) is 18.1 Å². The molecule has 1 heterocycles. The molecule has 0 saturated carbocycles. The summed E-state index contributed by atoms with van der Waals surface area (Å²) in [5.41, 5.74) is 4.40. The molecule has 2 N–H and O–H groups in total. The number of methoxy groups -OCH3 is 1. The highest BCUT2D eigenvalue weighted by Gasteiger charge is 2.41. The van der Waals surface area contributed by atoms with Gasteiger partial charge in [0.1, 0.15) is 18.0 Å². The van der Waals surface area contributed by atoms with Crippen LogP contribution in [-0.4, -0.2) is 62.3 Å². The van der Waals surface area contributed by atoms with Gasteiger partial charge in [0.25, 0.3) is 5.91 Å². The predicted octanol–water partition coefficient (Wildman–Crippen LogP) is 2.28. The Morgan fingerprint density at radius 1 is 1.13 bits per heavy atom. The zero-order valence-electron chi connectivity index (χ0n) is 17.2. The lowest BCUT2D eigenvalue weighted by molar-refractivity contribution is -0.163. The van der Waals surface area contributed by atoms with E-state index in [-0.39, 0.29) is 38.7 Å². The van der Waals surface area contributed by atoms with Gasteiger partial charge in [-0.3, -0.25) is 9.59 Å². The number of benzene rings is 2. The summed E-state index contributed by atoms with van der Waals surface area (Å²) in [6.07, 6.45) is -0.0856. The average molecular weight is 449 g/mol. The van der Waals surface area contributed by atoms with Crippen molar-refractivity contribution < 1.29 is 28.5 Å². The molecule has 1 saturated heterocycles. The predicted molar refractivity (Wildman–Crippen MR) is 115 cm³/mol. The summed E-state index contributed by atoms with van der Waals surface area (Å²) in [7, 11) is 1.53. The summed E-state index contributed by atoms with van der Waals surface area (Å²) >= 11 is 5.90. The van der Waals surface area contributed by atoms with E-state index < -0.39 is 11.5 Å². The van der Waals surface area contributed by atoms with Gasteiger partial charge in [-0.1, -0.05) is 23.7 Å². The van der Waals surface area contributed by atoms with Gasteiger partial charge in [-0.15, -0.1) is 0 Å². The minimum atomic E-state index is -1.05. The maximum atomic E-state index is 12.8. The first kappa shape index (κ1) is 22.7. The van der Waals surface area contributed by atoms with Crippen LogP contribution in [0.15, 0.2) is 48.5 Å². The number of hydrogen-bond acceptors (Lipinski definition) is 6. The first-order valence-electron chi connectivity index (χ1n) is 9.75. The lowest BCUT2D eigenvalue weighted by Crippen LogP contribution is -2.58. The molecule has 0 unspecified atom stereocenters. The molecule has 0 aromatic heterocycles. The summed E-state index contributed by atoms with van der Waals surface area (Å²) < 4.78 is 22.6. The second kappa shape index (κ2) is 10.4. The molecule has 3 rings (SSSR count). The number of carbonyl (C=O) groups is 2. The number of amides is 2. The van der Waals surface area contributed by atoms with Gasteiger partial charge < -0.3 is 29.6 Å². The number of carbonyl (C=O) groups excluding carboxylic acids is 2. The molecule has 9 heteroatoms. The maximum Gasteiger partial charge on any atom is 0.260 e. The average Bonchev–Trinajstić information content (AvgIpc) is 2.77. The lowest BCUT2D eigenvalue weighted by atomic mass is 9.97. The number of nitrogens with two attached hydrogens (primary N) is 1. The number of hydrogen-bond donors (Lipinski definition) is 1. The van der Waals surface area contributed by atoms with Crippen LogP contribution in [-0.2, 0) is 14.3 Å². The van der Waals surface area contributed by atoms with Crippen LogP contribution in [0.25, 0.3) is 0 Å². The molecule has 0 aliphatic carbocycles. The standard InChI is InChI=1S/C22H25ClN2O6/c1-28-18-4-2-3-5-19(18)29-13-21(27)25-10-11-31-22(14-25,12-20(24)26)15-30-17-8-6-16(23)7-9-17/h2-9H,10-15H2,1H3,(H2,24,26)/t22-/m0/s1. The Hall–Kier alpha value is -2.97. The Morgan fingerprint density at radius 3 is 2.52 bits per heavy atom. The highest BCUT2D eigenvalue weighted by atomic mass is 35.5. The minimum Gasteiger partial charge on any atom is -0.493 e. The number of primary amides is 1. The van der Waals surface area contributed by atoms with Crippen LogP contribution in [0.5, 0.6) is 17.2 Å². The smallest absolute Gasteiger partial charge is 0.260 e. The summed E-state index contributed by atoms with van der Waals surface area (Å²) in [6.45, 7) is 0.644. The van der Waals surface area contributed by atoms with E-state index in [2.05, 4.69) is 0 Å². The van der Waals surface area contributed by atoms with Gasteiger partial charge in [-0.05, 0) is 36.4 Å². The molecule has 8 nitrogen and oxygen atoms in total. The van der Waals surface area contributed by atoms with Crippen LogP contribution < -0.4 is 19.9 Å². The Labute approximate surface area is 185 Å². The van der Waals surface area contributed by atoms with Gasteiger partial charge in [-0.25, -0.2) is 0 Å². The van der Waals surface area contributed by atoms with Crippen molar-refractivity contribution in [2.75, 3.05) is 40.0 Å². The monoisotopic (exact) mass is 448 g/mol. The molecule has 0 radical (unpaired) electrons. The summed E-state index contributed by atoms with van der Waals surface area (Å²) in [5, 5.41) is 0.583. The van der Waals surface area contributed by atoms with E-state index in [0.717, 1.165) is 0 Å². The zero-order valence-corrected chi connectivity index (χ0v) is 18.0. The van der Waals surface area contributed by atoms with Crippen molar-refractivity contribution in [1.29, 1.82) is 0 Å². The SMILES string of the molecule is COc1ccccc1OCC(=O)N1CCO[C@@](COc2ccc(Cl)cc2)(CC(N)=O)C1. The lowest BCUT2D eigenvalue weighted by Gasteiger charge is -2.41. The largest absolute Gasteiger partial charge is 0.493 e. The molecular formula is C22H25ClN2O6. The highest BCUT2D eigenvalue weighted by molar-refractivity contribution is 6.30. The van der Waals surface area contributed by atoms with E-state index in [1.54, 1.807) is 47.4 Å². The molecule has 31 heavy (non-hydrogen) atoms. The molecule has 0 spiro atoms. The highest BCUT2D eigenvalue weighted by Crippen LogP contribution is 2.27. The molecule has 1 atom stereocenters.